The molecule has 0 aliphatic rings. The molecule has 1 amide bonds. The summed E-state index contributed by atoms with van der Waals surface area (Å²) in [5, 5.41) is 13.8. The van der Waals surface area contributed by atoms with Gasteiger partial charge in [-0.15, -0.1) is 11.3 Å². The lowest BCUT2D eigenvalue weighted by Gasteiger charge is -2.03. The lowest BCUT2D eigenvalue weighted by molar-refractivity contribution is -0.137. The first kappa shape index (κ1) is 19.1. The Kier molecular flexibility index (Phi) is 7.53. The van der Waals surface area contributed by atoms with Crippen LogP contribution in [0.15, 0.2) is 29.6 Å². The largest absolute Gasteiger partial charge is 0.481 e. The maximum absolute atomic E-state index is 13.2. The van der Waals surface area contributed by atoms with E-state index in [-0.39, 0.29) is 18.1 Å². The molecule has 0 atom stereocenters. The lowest BCUT2D eigenvalue weighted by atomic mass is 10.1. The molecule has 134 valence electrons. The molecule has 0 saturated carbocycles. The number of benzene rings is 1. The first-order valence-corrected chi connectivity index (χ1v) is 9.11. The number of hydrogen-bond acceptors (Lipinski definition) is 4. The van der Waals surface area contributed by atoms with E-state index in [9.17, 15) is 14.0 Å². The van der Waals surface area contributed by atoms with Crippen LogP contribution < -0.4 is 5.32 Å². The first-order chi connectivity index (χ1) is 12.0. The monoisotopic (exact) mass is 364 g/mol. The van der Waals surface area contributed by atoms with Crippen molar-refractivity contribution in [1.82, 2.24) is 10.3 Å². The highest BCUT2D eigenvalue weighted by Crippen LogP contribution is 2.15. The number of aromatic nitrogens is 1. The maximum Gasteiger partial charge on any atom is 0.303 e. The molecule has 0 spiro atoms. The van der Waals surface area contributed by atoms with E-state index >= 15 is 0 Å². The Hall–Kier alpha value is -2.28. The Morgan fingerprint density at radius 2 is 2.00 bits per heavy atom. The fraction of sp³-hybridized carbons (Fsp3) is 0.389. The van der Waals surface area contributed by atoms with Gasteiger partial charge >= 0.3 is 5.97 Å². The van der Waals surface area contributed by atoms with Gasteiger partial charge in [0.2, 0.25) is 0 Å². The number of amides is 1. The fourth-order valence-electron chi connectivity index (χ4n) is 2.37. The second-order valence-electron chi connectivity index (χ2n) is 5.75. The number of carbonyl (C=O) groups is 2. The Labute approximate surface area is 149 Å². The highest BCUT2D eigenvalue weighted by Gasteiger charge is 2.10. The van der Waals surface area contributed by atoms with Gasteiger partial charge in [-0.2, -0.15) is 0 Å². The second kappa shape index (κ2) is 9.88. The van der Waals surface area contributed by atoms with Crippen LogP contribution in [-0.4, -0.2) is 28.5 Å². The number of nitrogens with zero attached hydrogens (tertiary/aromatic N) is 1. The van der Waals surface area contributed by atoms with Crippen LogP contribution in [0.5, 0.6) is 0 Å². The molecule has 0 radical (unpaired) electrons. The molecule has 0 saturated heterocycles. The van der Waals surface area contributed by atoms with Crippen LogP contribution in [0, 0.1) is 5.82 Å². The highest BCUT2D eigenvalue weighted by molar-refractivity contribution is 7.09. The summed E-state index contributed by atoms with van der Waals surface area (Å²) in [5.74, 6) is -1.27. The van der Waals surface area contributed by atoms with Gasteiger partial charge in [-0.1, -0.05) is 25.0 Å². The number of carbonyl (C=O) groups excluding carboxylic acids is 1. The first-order valence-electron chi connectivity index (χ1n) is 8.23. The number of halogens is 1. The summed E-state index contributed by atoms with van der Waals surface area (Å²) in [6.07, 6.45) is 3.90. The van der Waals surface area contributed by atoms with Gasteiger partial charge in [0, 0.05) is 24.8 Å². The standard InChI is InChI=1S/C18H21FN2O3S/c19-14-7-5-6-13(10-14)11-16-21-15(12-25-16)18(24)20-9-4-2-1-3-8-17(22)23/h5-7,10,12H,1-4,8-9,11H2,(H,20,24)(H,22,23). The maximum atomic E-state index is 13.2. The Morgan fingerprint density at radius 1 is 1.20 bits per heavy atom. The molecule has 5 nitrogen and oxygen atoms in total. The molecule has 2 rings (SSSR count). The second-order valence-corrected chi connectivity index (χ2v) is 6.69. The summed E-state index contributed by atoms with van der Waals surface area (Å²) < 4.78 is 13.2. The van der Waals surface area contributed by atoms with Crippen LogP contribution in [0.1, 0.15) is 53.2 Å². The lowest BCUT2D eigenvalue weighted by Crippen LogP contribution is -2.24. The number of hydrogen-bond donors (Lipinski definition) is 2. The predicted molar refractivity (Wildman–Crippen MR) is 94.4 cm³/mol. The predicted octanol–water partition coefficient (Wildman–Crippen LogP) is 3.64. The molecule has 1 aromatic heterocycles. The topological polar surface area (TPSA) is 79.3 Å². The van der Waals surface area contributed by atoms with E-state index in [2.05, 4.69) is 10.3 Å². The molecule has 1 aromatic carbocycles. The highest BCUT2D eigenvalue weighted by atomic mass is 32.1. The zero-order valence-electron chi connectivity index (χ0n) is 13.8. The molecule has 0 bridgehead atoms. The van der Waals surface area contributed by atoms with Crippen LogP contribution in [-0.2, 0) is 11.2 Å². The van der Waals surface area contributed by atoms with E-state index in [4.69, 9.17) is 5.11 Å². The van der Waals surface area contributed by atoms with Crippen molar-refractivity contribution in [3.8, 4) is 0 Å². The summed E-state index contributed by atoms with van der Waals surface area (Å²) in [6.45, 7) is 0.544. The molecule has 0 fully saturated rings. The van der Waals surface area contributed by atoms with Crippen molar-refractivity contribution >= 4 is 23.2 Å². The molecule has 2 N–H and O–H groups in total. The number of unbranched alkanes of at least 4 members (excludes halogenated alkanes) is 3. The quantitative estimate of drug-likeness (QED) is 0.631. The molecular formula is C18H21FN2O3S. The average molecular weight is 364 g/mol. The minimum Gasteiger partial charge on any atom is -0.481 e. The third-order valence-electron chi connectivity index (χ3n) is 3.63. The van der Waals surface area contributed by atoms with Gasteiger partial charge in [-0.3, -0.25) is 9.59 Å². The van der Waals surface area contributed by atoms with E-state index < -0.39 is 5.97 Å². The number of rotatable bonds is 10. The number of thiazole rings is 1. The third kappa shape index (κ3) is 7.01. The van der Waals surface area contributed by atoms with E-state index in [1.54, 1.807) is 11.4 Å². The number of carboxylic acid groups (broad SMARTS) is 1. The molecule has 0 aliphatic heterocycles. The number of nitrogens with one attached hydrogen (secondary N) is 1. The van der Waals surface area contributed by atoms with Gasteiger partial charge in [-0.05, 0) is 30.5 Å². The molecule has 0 aliphatic carbocycles. The SMILES string of the molecule is O=C(O)CCCCCCNC(=O)c1csc(Cc2cccc(F)c2)n1. The van der Waals surface area contributed by atoms with Gasteiger partial charge in [0.25, 0.3) is 5.91 Å². The fourth-order valence-corrected chi connectivity index (χ4v) is 3.17. The van der Waals surface area contributed by atoms with Crippen LogP contribution in [0.25, 0.3) is 0 Å². The van der Waals surface area contributed by atoms with Crippen LogP contribution in [0.4, 0.5) is 4.39 Å². The zero-order valence-corrected chi connectivity index (χ0v) is 14.7. The van der Waals surface area contributed by atoms with Crippen LogP contribution in [0.3, 0.4) is 0 Å². The van der Waals surface area contributed by atoms with Crippen molar-refractivity contribution in [2.75, 3.05) is 6.54 Å². The van der Waals surface area contributed by atoms with Gasteiger partial charge in [0.15, 0.2) is 0 Å². The smallest absolute Gasteiger partial charge is 0.303 e. The molecular weight excluding hydrogens is 343 g/mol. The summed E-state index contributed by atoms with van der Waals surface area (Å²) >= 11 is 1.38. The Bertz CT molecular complexity index is 718. The van der Waals surface area contributed by atoms with Gasteiger partial charge in [0.1, 0.15) is 11.5 Å². The van der Waals surface area contributed by atoms with Crippen molar-refractivity contribution in [2.45, 2.75) is 38.5 Å². The Balaban J connectivity index is 1.70. The van der Waals surface area contributed by atoms with Gasteiger partial charge in [0.05, 0.1) is 5.01 Å². The van der Waals surface area contributed by atoms with E-state index in [1.807, 2.05) is 6.07 Å². The van der Waals surface area contributed by atoms with Crippen LogP contribution >= 0.6 is 11.3 Å². The molecule has 0 unspecified atom stereocenters. The van der Waals surface area contributed by atoms with Crippen molar-refractivity contribution in [3.63, 3.8) is 0 Å². The summed E-state index contributed by atoms with van der Waals surface area (Å²) in [7, 11) is 0. The molecule has 7 heteroatoms. The molecule has 2 aromatic rings. The minimum absolute atomic E-state index is 0.194. The summed E-state index contributed by atoms with van der Waals surface area (Å²) in [5.41, 5.74) is 1.20. The molecule has 1 heterocycles. The summed E-state index contributed by atoms with van der Waals surface area (Å²) in [4.78, 5) is 26.7. The van der Waals surface area contributed by atoms with Crippen molar-refractivity contribution in [3.05, 3.63) is 51.7 Å². The van der Waals surface area contributed by atoms with Gasteiger partial charge < -0.3 is 10.4 Å². The van der Waals surface area contributed by atoms with Crippen LogP contribution in [0.2, 0.25) is 0 Å². The Morgan fingerprint density at radius 3 is 2.76 bits per heavy atom. The third-order valence-corrected chi connectivity index (χ3v) is 4.48. The normalized spacial score (nSPS) is 10.6. The van der Waals surface area contributed by atoms with Gasteiger partial charge in [-0.25, -0.2) is 9.37 Å². The van der Waals surface area contributed by atoms with E-state index in [1.165, 1.54) is 23.5 Å². The minimum atomic E-state index is -0.772. The van der Waals surface area contributed by atoms with E-state index in [0.29, 0.717) is 25.1 Å². The molecule has 25 heavy (non-hydrogen) atoms. The van der Waals surface area contributed by atoms with E-state index in [0.717, 1.165) is 29.8 Å². The van der Waals surface area contributed by atoms with Crippen molar-refractivity contribution < 1.29 is 19.1 Å². The number of aliphatic carboxylic acids is 1. The summed E-state index contributed by atoms with van der Waals surface area (Å²) in [6, 6.07) is 6.34. The average Bonchev–Trinajstić information content (AvgIpc) is 3.02. The zero-order chi connectivity index (χ0) is 18.1. The number of carboxylic acids is 1. The van der Waals surface area contributed by atoms with Crippen molar-refractivity contribution in [1.29, 1.82) is 0 Å². The van der Waals surface area contributed by atoms with Crippen molar-refractivity contribution in [2.24, 2.45) is 0 Å².